The number of hydrogen-bond acceptors (Lipinski definition) is 16. The average Bonchev–Trinajstić information content (AvgIpc) is 0.943. The van der Waals surface area contributed by atoms with E-state index < -0.39 is 69.4 Å². The van der Waals surface area contributed by atoms with Gasteiger partial charge in [0.25, 0.3) is 46.8 Å². The predicted molar refractivity (Wildman–Crippen MR) is 320 cm³/mol. The number of nitrogens with zero attached hydrogens (tertiary/aromatic N) is 7. The molecule has 454 valence electrons. The topological polar surface area (TPSA) is 318 Å². The molecule has 25 nitrogen and oxygen atoms in total. The second kappa shape index (κ2) is 27.6. The van der Waals surface area contributed by atoms with E-state index in [4.69, 9.17) is 4.74 Å². The van der Waals surface area contributed by atoms with Crippen LogP contribution in [0.3, 0.4) is 0 Å². The molecule has 0 saturated carbocycles. The van der Waals surface area contributed by atoms with E-state index in [-0.39, 0.29) is 116 Å². The first-order valence-electron chi connectivity index (χ1n) is 28.7. The smallest absolute Gasteiger partial charge is 0.410 e. The van der Waals surface area contributed by atoms with Gasteiger partial charge in [0.05, 0.1) is 21.0 Å². The monoisotopic (exact) mass is 1200 g/mol. The van der Waals surface area contributed by atoms with Gasteiger partial charge in [0.15, 0.2) is 0 Å². The molecule has 6 aromatic rings. The highest BCUT2D eigenvalue weighted by Crippen LogP contribution is 2.35. The number of amides is 10. The molecule has 0 fully saturated rings. The van der Waals surface area contributed by atoms with Gasteiger partial charge in [0.1, 0.15) is 18.7 Å². The Morgan fingerprint density at radius 1 is 0.568 bits per heavy atom. The molecule has 10 amide bonds. The van der Waals surface area contributed by atoms with Crippen molar-refractivity contribution in [3.05, 3.63) is 181 Å². The molecular formula is C63H62N10O15. The number of anilines is 1. The second-order valence-electron chi connectivity index (χ2n) is 21.4. The van der Waals surface area contributed by atoms with Crippen LogP contribution in [-0.4, -0.2) is 158 Å². The molecule has 0 radical (unpaired) electrons. The fraction of sp³-hybridized carbons (Fsp3) is 0.302. The molecule has 0 bridgehead atoms. The molecular weight excluding hydrogens is 1140 g/mol. The predicted octanol–water partition coefficient (Wildman–Crippen LogP) is 6.71. The van der Waals surface area contributed by atoms with Crippen LogP contribution < -0.4 is 16.0 Å². The maximum atomic E-state index is 14.1. The van der Waals surface area contributed by atoms with E-state index in [2.05, 4.69) is 16.0 Å². The van der Waals surface area contributed by atoms with Gasteiger partial charge in [-0.05, 0) is 85.4 Å². The minimum absolute atomic E-state index is 0.0216. The number of imide groups is 3. The van der Waals surface area contributed by atoms with E-state index in [0.29, 0.717) is 59.8 Å². The third kappa shape index (κ3) is 14.2. The number of hydrogen-bond donors (Lipinski definition) is 3. The summed E-state index contributed by atoms with van der Waals surface area (Å²) in [5.74, 6) is -4.97. The van der Waals surface area contributed by atoms with Crippen LogP contribution in [0.1, 0.15) is 98.5 Å². The fourth-order valence-corrected chi connectivity index (χ4v) is 10.8. The summed E-state index contributed by atoms with van der Waals surface area (Å²) in [5, 5.41) is 33.2. The van der Waals surface area contributed by atoms with Gasteiger partial charge in [-0.25, -0.2) is 4.79 Å². The summed E-state index contributed by atoms with van der Waals surface area (Å²) >= 11 is 0. The molecule has 3 aliphatic rings. The largest absolute Gasteiger partial charge is 0.445 e. The van der Waals surface area contributed by atoms with Crippen molar-refractivity contribution in [2.24, 2.45) is 0 Å². The van der Waals surface area contributed by atoms with E-state index >= 15 is 0 Å². The van der Waals surface area contributed by atoms with Crippen LogP contribution in [0.15, 0.2) is 127 Å². The molecule has 0 saturated heterocycles. The van der Waals surface area contributed by atoms with Crippen LogP contribution in [0.25, 0.3) is 21.5 Å². The molecule has 0 spiro atoms. The molecule has 3 N–H and O–H groups in total. The van der Waals surface area contributed by atoms with E-state index in [9.17, 15) is 68.2 Å². The lowest BCUT2D eigenvalue weighted by atomic mass is 9.93. The number of carbonyl (C=O) groups is 10. The van der Waals surface area contributed by atoms with E-state index in [1.165, 1.54) is 48.2 Å². The number of rotatable bonds is 28. The molecule has 6 aromatic carbocycles. The lowest BCUT2D eigenvalue weighted by molar-refractivity contribution is -0.384. The van der Waals surface area contributed by atoms with Crippen LogP contribution in [0.5, 0.6) is 0 Å². The Morgan fingerprint density at radius 2 is 1.14 bits per heavy atom. The van der Waals surface area contributed by atoms with Crippen LogP contribution in [0.4, 0.5) is 21.9 Å². The summed E-state index contributed by atoms with van der Waals surface area (Å²) in [6, 6.07) is 27.6. The number of nitro groups is 2. The Hall–Kier alpha value is -10.6. The Bertz CT molecular complexity index is 3820. The van der Waals surface area contributed by atoms with E-state index in [0.717, 1.165) is 26.3 Å². The summed E-state index contributed by atoms with van der Waals surface area (Å²) < 4.78 is 5.81. The van der Waals surface area contributed by atoms with Crippen LogP contribution in [-0.2, 0) is 41.7 Å². The first-order chi connectivity index (χ1) is 42.3. The number of nitro benzene ring substituents is 2. The zero-order chi connectivity index (χ0) is 62.8. The Balaban J connectivity index is 0.827. The normalized spacial score (nSPS) is 14.2. The summed E-state index contributed by atoms with van der Waals surface area (Å²) in [5.41, 5.74) is 1.33. The summed E-state index contributed by atoms with van der Waals surface area (Å²) in [6.07, 6.45) is 3.61. The maximum absolute atomic E-state index is 14.1. The van der Waals surface area contributed by atoms with Crippen LogP contribution in [0.2, 0.25) is 0 Å². The fourth-order valence-electron chi connectivity index (χ4n) is 10.8. The Morgan fingerprint density at radius 3 is 1.70 bits per heavy atom. The SMILES string of the molecule is CCN(CCCN(CCN1C(=O)c2cccc3cc([N+](=O)[O-])cc(c23)C1=O)C(=O)OCc1ccc(NC(=O)[C@H](Cc2ccccc2)NC(=O)C(C)NC(=O)CCCCCN2C(=O)C=CC2=O)cc1)CCN1C(=O)c2cccc3cc([N+](=O)[O-])cc(c23)C1=O. The molecule has 25 heteroatoms. The maximum Gasteiger partial charge on any atom is 0.410 e. The summed E-state index contributed by atoms with van der Waals surface area (Å²) in [6.45, 7) is 3.71. The van der Waals surface area contributed by atoms with Crippen molar-refractivity contribution in [3.8, 4) is 0 Å². The summed E-state index contributed by atoms with van der Waals surface area (Å²) in [4.78, 5) is 162. The van der Waals surface area contributed by atoms with Crippen molar-refractivity contribution in [1.29, 1.82) is 0 Å². The van der Waals surface area contributed by atoms with Gasteiger partial charge >= 0.3 is 6.09 Å². The highest BCUT2D eigenvalue weighted by molar-refractivity contribution is 6.27. The second-order valence-corrected chi connectivity index (χ2v) is 21.4. The highest BCUT2D eigenvalue weighted by Gasteiger charge is 2.37. The first-order valence-corrected chi connectivity index (χ1v) is 28.7. The first kappa shape index (κ1) is 62.0. The van der Waals surface area contributed by atoms with Gasteiger partial charge in [-0.1, -0.05) is 80.1 Å². The van der Waals surface area contributed by atoms with Gasteiger partial charge in [-0.15, -0.1) is 0 Å². The molecule has 88 heavy (non-hydrogen) atoms. The zero-order valence-corrected chi connectivity index (χ0v) is 48.1. The number of non-ortho nitro benzene ring substituents is 2. The van der Waals surface area contributed by atoms with Gasteiger partial charge < -0.3 is 30.5 Å². The molecule has 2 atom stereocenters. The van der Waals surface area contributed by atoms with Crippen molar-refractivity contribution < 1.29 is 62.5 Å². The molecule has 0 aromatic heterocycles. The number of carbonyl (C=O) groups excluding carboxylic acids is 10. The van der Waals surface area contributed by atoms with Crippen molar-refractivity contribution in [2.45, 2.75) is 71.1 Å². The number of benzene rings is 6. The lowest BCUT2D eigenvalue weighted by Crippen LogP contribution is -2.52. The minimum atomic E-state index is -1.08. The third-order valence-electron chi connectivity index (χ3n) is 15.5. The van der Waals surface area contributed by atoms with Crippen LogP contribution in [0, 0.1) is 20.2 Å². The molecule has 3 aliphatic heterocycles. The van der Waals surface area contributed by atoms with Crippen molar-refractivity contribution in [2.75, 3.05) is 57.7 Å². The number of likely N-dealkylation sites (N-methyl/N-ethyl adjacent to an activating group) is 1. The summed E-state index contributed by atoms with van der Waals surface area (Å²) in [7, 11) is 0. The standard InChI is InChI=1S/C63H62N10O15/c1-3-67(29-31-70-59(79)47-17-10-15-42-34-45(72(84)85)36-49(55(42)47)61(70)81)26-12-27-68(30-32-71-60(80)48-18-11-16-43-35-46(73(86)87)37-50(56(43)48)62(71)82)63(83)88-38-41-20-22-44(23-21-41)65-58(78)51(33-40-13-6-4-7-14-40)66-57(77)39(2)64-52(74)19-8-5-9-28-69-53(75)24-25-54(69)76/h4,6-7,10-11,13-18,20-25,34-37,39,51H,3,5,8-9,12,19,26-33,38H2,1-2H3,(H,64,74)(H,65,78)(H,66,77)/t39?,51-/m0/s1. The Kier molecular flexibility index (Phi) is 19.5. The molecule has 0 aliphatic carbocycles. The number of nitrogens with one attached hydrogen (secondary N) is 3. The van der Waals surface area contributed by atoms with Crippen molar-refractivity contribution in [1.82, 2.24) is 35.1 Å². The van der Waals surface area contributed by atoms with E-state index in [1.54, 1.807) is 78.9 Å². The van der Waals surface area contributed by atoms with Crippen molar-refractivity contribution in [3.63, 3.8) is 0 Å². The zero-order valence-electron chi connectivity index (χ0n) is 48.1. The quantitative estimate of drug-likeness (QED) is 0.0199. The van der Waals surface area contributed by atoms with Gasteiger partial charge in [0, 0.05) is 116 Å². The van der Waals surface area contributed by atoms with Crippen LogP contribution >= 0.6 is 0 Å². The van der Waals surface area contributed by atoms with Crippen molar-refractivity contribution >= 4 is 97.9 Å². The van der Waals surface area contributed by atoms with Gasteiger partial charge in [0.2, 0.25) is 17.7 Å². The van der Waals surface area contributed by atoms with Gasteiger partial charge in [-0.2, -0.15) is 0 Å². The number of unbranched alkanes of at least 4 members (excludes halogenated alkanes) is 2. The highest BCUT2D eigenvalue weighted by atomic mass is 16.6. The Labute approximate surface area is 503 Å². The molecule has 1 unspecified atom stereocenters. The molecule has 9 rings (SSSR count). The average molecular weight is 1200 g/mol. The number of ether oxygens (including phenoxy) is 1. The molecule has 3 heterocycles. The van der Waals surface area contributed by atoms with Gasteiger partial charge in [-0.3, -0.25) is 78.1 Å². The minimum Gasteiger partial charge on any atom is -0.445 e. The van der Waals surface area contributed by atoms with E-state index in [1.807, 2.05) is 17.9 Å². The lowest BCUT2D eigenvalue weighted by Gasteiger charge is -2.31. The third-order valence-corrected chi connectivity index (χ3v) is 15.5.